The van der Waals surface area contributed by atoms with Crippen LogP contribution in [0.1, 0.15) is 30.3 Å². The van der Waals surface area contributed by atoms with Crippen LogP contribution < -0.4 is 0 Å². The predicted molar refractivity (Wildman–Crippen MR) is 73.8 cm³/mol. The largest absolute Gasteiger partial charge is 0.466 e. The topological polar surface area (TPSA) is 83.5 Å². The molecule has 0 fully saturated rings. The highest BCUT2D eigenvalue weighted by atomic mass is 79.9. The van der Waals surface area contributed by atoms with Gasteiger partial charge in [0.1, 0.15) is 0 Å². The summed E-state index contributed by atoms with van der Waals surface area (Å²) < 4.78 is 10.5. The van der Waals surface area contributed by atoms with Crippen molar-refractivity contribution in [2.75, 3.05) is 19.7 Å². The Bertz CT molecular complexity index is 507. The molecule has 0 aliphatic carbocycles. The van der Waals surface area contributed by atoms with Crippen LogP contribution in [0.2, 0.25) is 0 Å². The van der Waals surface area contributed by atoms with Crippen LogP contribution in [-0.2, 0) is 9.53 Å². The third-order valence-electron chi connectivity index (χ3n) is 2.46. The van der Waals surface area contributed by atoms with Gasteiger partial charge in [-0.05, 0) is 35.0 Å². The van der Waals surface area contributed by atoms with Crippen LogP contribution in [0.25, 0.3) is 0 Å². The van der Waals surface area contributed by atoms with E-state index >= 15 is 0 Å². The zero-order chi connectivity index (χ0) is 15.0. The lowest BCUT2D eigenvalue weighted by molar-refractivity contribution is -0.143. The SMILES string of the molecule is CCOC(=O)CCN(CCC#N)C(=O)c1ccc(Br)o1. The molecule has 0 aliphatic rings. The van der Waals surface area contributed by atoms with Crippen molar-refractivity contribution in [3.8, 4) is 6.07 Å². The Labute approximate surface area is 125 Å². The Morgan fingerprint density at radius 1 is 1.45 bits per heavy atom. The zero-order valence-corrected chi connectivity index (χ0v) is 12.7. The Morgan fingerprint density at radius 2 is 2.20 bits per heavy atom. The molecule has 1 heterocycles. The van der Waals surface area contributed by atoms with Crippen LogP contribution in [0, 0.1) is 11.3 Å². The first-order valence-electron chi connectivity index (χ1n) is 6.15. The van der Waals surface area contributed by atoms with E-state index in [4.69, 9.17) is 14.4 Å². The fourth-order valence-corrected chi connectivity index (χ4v) is 1.85. The maximum absolute atomic E-state index is 12.2. The van der Waals surface area contributed by atoms with Gasteiger partial charge in [0.2, 0.25) is 0 Å². The van der Waals surface area contributed by atoms with Crippen LogP contribution in [0.4, 0.5) is 0 Å². The van der Waals surface area contributed by atoms with Crippen LogP contribution in [0.5, 0.6) is 0 Å². The van der Waals surface area contributed by atoms with Gasteiger partial charge in [-0.1, -0.05) is 0 Å². The molecule has 6 nitrogen and oxygen atoms in total. The second-order valence-electron chi connectivity index (χ2n) is 3.86. The molecule has 1 aromatic rings. The van der Waals surface area contributed by atoms with Crippen molar-refractivity contribution < 1.29 is 18.7 Å². The van der Waals surface area contributed by atoms with E-state index in [9.17, 15) is 9.59 Å². The normalized spacial score (nSPS) is 9.85. The molecule has 20 heavy (non-hydrogen) atoms. The molecule has 7 heteroatoms. The molecule has 0 saturated carbocycles. The molecule has 108 valence electrons. The quantitative estimate of drug-likeness (QED) is 0.710. The first-order chi connectivity index (χ1) is 9.58. The number of halogens is 1. The Morgan fingerprint density at radius 3 is 2.75 bits per heavy atom. The van der Waals surface area contributed by atoms with E-state index in [1.54, 1.807) is 13.0 Å². The van der Waals surface area contributed by atoms with Crippen molar-refractivity contribution in [1.29, 1.82) is 5.26 Å². The second kappa shape index (κ2) is 8.38. The number of nitrogens with zero attached hydrogens (tertiary/aromatic N) is 2. The third kappa shape index (κ3) is 5.05. The van der Waals surface area contributed by atoms with Gasteiger partial charge in [-0.25, -0.2) is 0 Å². The van der Waals surface area contributed by atoms with E-state index in [0.29, 0.717) is 11.3 Å². The van der Waals surface area contributed by atoms with E-state index in [0.717, 1.165) is 0 Å². The average molecular weight is 343 g/mol. The summed E-state index contributed by atoms with van der Waals surface area (Å²) in [5, 5.41) is 8.62. The molecule has 1 aromatic heterocycles. The summed E-state index contributed by atoms with van der Waals surface area (Å²) in [6.07, 6.45) is 0.281. The Kier molecular flexibility index (Phi) is 6.81. The molecule has 0 bridgehead atoms. The lowest BCUT2D eigenvalue weighted by Crippen LogP contribution is -2.33. The molecule has 0 aromatic carbocycles. The molecule has 0 unspecified atom stereocenters. The fraction of sp³-hybridized carbons (Fsp3) is 0.462. The Hall–Kier alpha value is -1.81. The summed E-state index contributed by atoms with van der Waals surface area (Å²) in [5.74, 6) is -0.559. The molecule has 0 spiro atoms. The molecular formula is C13H15BrN2O4. The van der Waals surface area contributed by atoms with Crippen LogP contribution in [-0.4, -0.2) is 36.5 Å². The number of carbonyl (C=O) groups is 2. The van der Waals surface area contributed by atoms with Crippen LogP contribution in [0.3, 0.4) is 0 Å². The lowest BCUT2D eigenvalue weighted by Gasteiger charge is -2.19. The number of carbonyl (C=O) groups excluding carboxylic acids is 2. The minimum Gasteiger partial charge on any atom is -0.466 e. The summed E-state index contributed by atoms with van der Waals surface area (Å²) in [6, 6.07) is 5.12. The molecular weight excluding hydrogens is 328 g/mol. The third-order valence-corrected chi connectivity index (χ3v) is 2.88. The minimum atomic E-state index is -0.372. The maximum atomic E-state index is 12.2. The first kappa shape index (κ1) is 16.2. The van der Waals surface area contributed by atoms with Crippen molar-refractivity contribution >= 4 is 27.8 Å². The van der Waals surface area contributed by atoms with Gasteiger partial charge >= 0.3 is 5.97 Å². The van der Waals surface area contributed by atoms with E-state index in [1.165, 1.54) is 11.0 Å². The first-order valence-corrected chi connectivity index (χ1v) is 6.95. The number of hydrogen-bond donors (Lipinski definition) is 0. The zero-order valence-electron chi connectivity index (χ0n) is 11.1. The van der Waals surface area contributed by atoms with Crippen molar-refractivity contribution in [3.63, 3.8) is 0 Å². The van der Waals surface area contributed by atoms with Gasteiger partial charge in [-0.15, -0.1) is 0 Å². The summed E-state index contributed by atoms with van der Waals surface area (Å²) in [6.45, 7) is 2.46. The van der Waals surface area contributed by atoms with Gasteiger partial charge in [0.25, 0.3) is 5.91 Å². The maximum Gasteiger partial charge on any atom is 0.307 e. The molecule has 0 aliphatic heterocycles. The molecule has 0 radical (unpaired) electrons. The van der Waals surface area contributed by atoms with E-state index in [-0.39, 0.29) is 43.6 Å². The monoisotopic (exact) mass is 342 g/mol. The number of hydrogen-bond acceptors (Lipinski definition) is 5. The van der Waals surface area contributed by atoms with Crippen LogP contribution >= 0.6 is 15.9 Å². The van der Waals surface area contributed by atoms with Crippen molar-refractivity contribution in [1.82, 2.24) is 4.90 Å². The summed E-state index contributed by atoms with van der Waals surface area (Å²) in [5.41, 5.74) is 0. The number of esters is 1. The highest BCUT2D eigenvalue weighted by Gasteiger charge is 2.20. The molecule has 0 saturated heterocycles. The number of furan rings is 1. The van der Waals surface area contributed by atoms with Crippen molar-refractivity contribution in [2.45, 2.75) is 19.8 Å². The highest BCUT2D eigenvalue weighted by molar-refractivity contribution is 9.10. The number of nitriles is 1. The summed E-state index contributed by atoms with van der Waals surface area (Å²) in [7, 11) is 0. The fourth-order valence-electron chi connectivity index (χ4n) is 1.54. The van der Waals surface area contributed by atoms with Gasteiger partial charge in [0.15, 0.2) is 10.4 Å². The van der Waals surface area contributed by atoms with Gasteiger partial charge in [-0.3, -0.25) is 9.59 Å². The highest BCUT2D eigenvalue weighted by Crippen LogP contribution is 2.16. The number of amides is 1. The van der Waals surface area contributed by atoms with Gasteiger partial charge in [0, 0.05) is 13.1 Å². The predicted octanol–water partition coefficient (Wildman–Crippen LogP) is 2.35. The molecule has 0 N–H and O–H groups in total. The molecule has 0 atom stereocenters. The standard InChI is InChI=1S/C13H15BrN2O4/c1-2-19-12(17)6-9-16(8-3-7-15)13(18)10-4-5-11(14)20-10/h4-5H,2-3,6,8-9H2,1H3. The minimum absolute atomic E-state index is 0.0902. The number of ether oxygens (including phenoxy) is 1. The van der Waals surface area contributed by atoms with Gasteiger partial charge < -0.3 is 14.1 Å². The lowest BCUT2D eigenvalue weighted by atomic mass is 10.3. The second-order valence-corrected chi connectivity index (χ2v) is 4.64. The van der Waals surface area contributed by atoms with E-state index in [1.807, 2.05) is 6.07 Å². The molecule has 1 amide bonds. The summed E-state index contributed by atoms with van der Waals surface area (Å²) in [4.78, 5) is 24.9. The van der Waals surface area contributed by atoms with E-state index in [2.05, 4.69) is 15.9 Å². The van der Waals surface area contributed by atoms with E-state index < -0.39 is 0 Å². The smallest absolute Gasteiger partial charge is 0.307 e. The number of rotatable bonds is 7. The molecule has 1 rings (SSSR count). The summed E-state index contributed by atoms with van der Waals surface area (Å²) >= 11 is 3.12. The average Bonchev–Trinajstić information content (AvgIpc) is 2.85. The van der Waals surface area contributed by atoms with Gasteiger partial charge in [0.05, 0.1) is 25.5 Å². The van der Waals surface area contributed by atoms with Gasteiger partial charge in [-0.2, -0.15) is 5.26 Å². The Balaban J connectivity index is 2.66. The van der Waals surface area contributed by atoms with Crippen molar-refractivity contribution in [2.24, 2.45) is 0 Å². The van der Waals surface area contributed by atoms with Crippen LogP contribution in [0.15, 0.2) is 21.2 Å². The van der Waals surface area contributed by atoms with Crippen molar-refractivity contribution in [3.05, 3.63) is 22.6 Å².